The summed E-state index contributed by atoms with van der Waals surface area (Å²) in [4.78, 5) is 23.9. The summed E-state index contributed by atoms with van der Waals surface area (Å²) in [6, 6.07) is 7.22. The van der Waals surface area contributed by atoms with E-state index < -0.39 is 24.5 Å². The molecule has 8 heteroatoms. The number of nitrogens with one attached hydrogen (secondary N) is 2. The summed E-state index contributed by atoms with van der Waals surface area (Å²) < 4.78 is 41.7. The lowest BCUT2D eigenvalue weighted by Crippen LogP contribution is -2.33. The van der Waals surface area contributed by atoms with Crippen molar-refractivity contribution in [1.29, 1.82) is 0 Å². The van der Waals surface area contributed by atoms with E-state index in [1.165, 1.54) is 24.3 Å². The quantitative estimate of drug-likeness (QED) is 0.896. The van der Waals surface area contributed by atoms with Gasteiger partial charge in [0, 0.05) is 11.3 Å². The molecule has 128 valence electrons. The molecular weight excluding hydrogens is 325 g/mol. The normalized spacial score (nSPS) is 11.2. The lowest BCUT2D eigenvalue weighted by molar-refractivity contribution is -0.123. The van der Waals surface area contributed by atoms with Gasteiger partial charge in [-0.2, -0.15) is 13.2 Å². The summed E-state index contributed by atoms with van der Waals surface area (Å²) in [6.45, 7) is 1.92. The van der Waals surface area contributed by atoms with Crippen molar-refractivity contribution in [3.8, 4) is 0 Å². The molecule has 0 aliphatic carbocycles. The molecule has 2 aromatic rings. The Kier molecular flexibility index (Phi) is 4.96. The van der Waals surface area contributed by atoms with Crippen LogP contribution in [0.1, 0.15) is 32.2 Å². The number of aryl methyl sites for hydroxylation is 2. The number of carbonyl (C=O) groups is 2. The van der Waals surface area contributed by atoms with Gasteiger partial charge in [0.25, 0.3) is 11.8 Å². The predicted molar refractivity (Wildman–Crippen MR) is 81.0 cm³/mol. The van der Waals surface area contributed by atoms with Crippen LogP contribution in [-0.2, 0) is 0 Å². The number of rotatable bonds is 4. The van der Waals surface area contributed by atoms with E-state index in [2.05, 4.69) is 5.32 Å². The Balaban J connectivity index is 2.09. The van der Waals surface area contributed by atoms with Crippen LogP contribution >= 0.6 is 0 Å². The molecule has 0 saturated heterocycles. The van der Waals surface area contributed by atoms with E-state index in [9.17, 15) is 22.8 Å². The van der Waals surface area contributed by atoms with Crippen LogP contribution in [0.5, 0.6) is 0 Å². The molecule has 0 aliphatic heterocycles. The summed E-state index contributed by atoms with van der Waals surface area (Å²) in [7, 11) is 0. The van der Waals surface area contributed by atoms with E-state index in [-0.39, 0.29) is 11.3 Å². The third-order valence-corrected chi connectivity index (χ3v) is 3.12. The molecule has 24 heavy (non-hydrogen) atoms. The summed E-state index contributed by atoms with van der Waals surface area (Å²) in [5.41, 5.74) is 0.648. The number of carbonyl (C=O) groups excluding carboxylic acids is 2. The topological polar surface area (TPSA) is 71.3 Å². The maximum atomic E-state index is 12.2. The zero-order valence-electron chi connectivity index (χ0n) is 13.0. The van der Waals surface area contributed by atoms with E-state index in [4.69, 9.17) is 4.42 Å². The molecule has 0 unspecified atom stereocenters. The Bertz CT molecular complexity index is 766. The van der Waals surface area contributed by atoms with Crippen LogP contribution in [0.15, 0.2) is 34.7 Å². The van der Waals surface area contributed by atoms with Crippen LogP contribution in [0.3, 0.4) is 0 Å². The Hall–Kier alpha value is -2.77. The molecule has 0 saturated carbocycles. The molecule has 1 aromatic carbocycles. The van der Waals surface area contributed by atoms with Gasteiger partial charge in [0.2, 0.25) is 0 Å². The first-order chi connectivity index (χ1) is 11.2. The van der Waals surface area contributed by atoms with Crippen LogP contribution in [-0.4, -0.2) is 24.5 Å². The molecule has 2 rings (SSSR count). The first-order valence-corrected chi connectivity index (χ1v) is 6.99. The van der Waals surface area contributed by atoms with Crippen LogP contribution in [0.4, 0.5) is 18.9 Å². The summed E-state index contributed by atoms with van der Waals surface area (Å²) in [6.07, 6.45) is -4.49. The predicted octanol–water partition coefficient (Wildman–Crippen LogP) is 3.44. The van der Waals surface area contributed by atoms with Crippen LogP contribution < -0.4 is 10.6 Å². The van der Waals surface area contributed by atoms with Gasteiger partial charge in [0.15, 0.2) is 0 Å². The molecule has 0 bridgehead atoms. The third-order valence-electron chi connectivity index (χ3n) is 3.12. The highest BCUT2D eigenvalue weighted by molar-refractivity contribution is 6.05. The highest BCUT2D eigenvalue weighted by Crippen LogP contribution is 2.18. The average molecular weight is 340 g/mol. The largest absolute Gasteiger partial charge is 0.466 e. The maximum Gasteiger partial charge on any atom is 0.405 e. The number of hydrogen-bond acceptors (Lipinski definition) is 3. The standard InChI is InChI=1S/C16H15F3N2O3/c1-9-6-13(10(2)24-9)15(23)21-12-5-3-4-11(7-12)14(22)20-8-16(17,18)19/h3-7H,8H2,1-2H3,(H,20,22)(H,21,23). The lowest BCUT2D eigenvalue weighted by Gasteiger charge is -2.10. The third kappa shape index (κ3) is 4.61. The van der Waals surface area contributed by atoms with Gasteiger partial charge in [-0.3, -0.25) is 9.59 Å². The second-order valence-electron chi connectivity index (χ2n) is 5.16. The van der Waals surface area contributed by atoms with Crippen molar-refractivity contribution in [2.45, 2.75) is 20.0 Å². The van der Waals surface area contributed by atoms with Crippen molar-refractivity contribution < 1.29 is 27.2 Å². The maximum absolute atomic E-state index is 12.2. The minimum atomic E-state index is -4.49. The van der Waals surface area contributed by atoms with E-state index in [0.29, 0.717) is 17.1 Å². The summed E-state index contributed by atoms with van der Waals surface area (Å²) >= 11 is 0. The second kappa shape index (κ2) is 6.77. The van der Waals surface area contributed by atoms with Gasteiger partial charge in [-0.15, -0.1) is 0 Å². The van der Waals surface area contributed by atoms with Crippen molar-refractivity contribution in [1.82, 2.24) is 5.32 Å². The second-order valence-corrected chi connectivity index (χ2v) is 5.16. The molecule has 2 amide bonds. The van der Waals surface area contributed by atoms with Gasteiger partial charge in [0.05, 0.1) is 5.56 Å². The molecule has 0 atom stereocenters. The minimum Gasteiger partial charge on any atom is -0.466 e. The molecule has 0 aliphatic rings. The molecule has 1 aromatic heterocycles. The average Bonchev–Trinajstić information content (AvgIpc) is 2.83. The molecule has 2 N–H and O–H groups in total. The van der Waals surface area contributed by atoms with E-state index in [1.807, 2.05) is 0 Å². The Morgan fingerprint density at radius 1 is 1.12 bits per heavy atom. The van der Waals surface area contributed by atoms with Gasteiger partial charge >= 0.3 is 6.18 Å². The lowest BCUT2D eigenvalue weighted by atomic mass is 10.1. The number of anilines is 1. The van der Waals surface area contributed by atoms with Gasteiger partial charge in [-0.1, -0.05) is 6.07 Å². The molecule has 0 spiro atoms. The number of hydrogen-bond donors (Lipinski definition) is 2. The summed E-state index contributed by atoms with van der Waals surface area (Å²) in [5.74, 6) is -0.280. The highest BCUT2D eigenvalue weighted by Gasteiger charge is 2.28. The molecule has 5 nitrogen and oxygen atoms in total. The van der Waals surface area contributed by atoms with Crippen molar-refractivity contribution in [2.75, 3.05) is 11.9 Å². The molecule has 1 heterocycles. The monoisotopic (exact) mass is 340 g/mol. The molecule has 0 radical (unpaired) electrons. The fourth-order valence-electron chi connectivity index (χ4n) is 2.08. The summed E-state index contributed by atoms with van der Waals surface area (Å²) in [5, 5.41) is 4.35. The van der Waals surface area contributed by atoms with Gasteiger partial charge in [0.1, 0.15) is 18.1 Å². The number of alkyl halides is 3. The smallest absolute Gasteiger partial charge is 0.405 e. The highest BCUT2D eigenvalue weighted by atomic mass is 19.4. The van der Waals surface area contributed by atoms with Crippen molar-refractivity contribution >= 4 is 17.5 Å². The Morgan fingerprint density at radius 3 is 2.42 bits per heavy atom. The van der Waals surface area contributed by atoms with Gasteiger partial charge < -0.3 is 15.1 Å². The fraction of sp³-hybridized carbons (Fsp3) is 0.250. The SMILES string of the molecule is Cc1cc(C(=O)Nc2cccc(C(=O)NCC(F)(F)F)c2)c(C)o1. The van der Waals surface area contributed by atoms with Crippen molar-refractivity contribution in [3.63, 3.8) is 0 Å². The Morgan fingerprint density at radius 2 is 1.83 bits per heavy atom. The molecule has 0 fully saturated rings. The number of furan rings is 1. The van der Waals surface area contributed by atoms with Crippen LogP contribution in [0.2, 0.25) is 0 Å². The first-order valence-electron chi connectivity index (χ1n) is 6.99. The van der Waals surface area contributed by atoms with E-state index in [1.54, 1.807) is 25.2 Å². The van der Waals surface area contributed by atoms with Gasteiger partial charge in [-0.25, -0.2) is 0 Å². The van der Waals surface area contributed by atoms with Crippen LogP contribution in [0.25, 0.3) is 0 Å². The fourth-order valence-corrected chi connectivity index (χ4v) is 2.08. The zero-order chi connectivity index (χ0) is 17.9. The van der Waals surface area contributed by atoms with Gasteiger partial charge in [-0.05, 0) is 38.1 Å². The minimum absolute atomic E-state index is 0.0112. The number of halogens is 3. The number of amides is 2. The van der Waals surface area contributed by atoms with Crippen molar-refractivity contribution in [2.24, 2.45) is 0 Å². The Labute approximate surface area is 135 Å². The number of benzene rings is 1. The van der Waals surface area contributed by atoms with E-state index in [0.717, 1.165) is 0 Å². The zero-order valence-corrected chi connectivity index (χ0v) is 13.0. The first kappa shape index (κ1) is 17.6. The molecular formula is C16H15F3N2O3. The van der Waals surface area contributed by atoms with E-state index >= 15 is 0 Å². The van der Waals surface area contributed by atoms with Crippen molar-refractivity contribution in [3.05, 3.63) is 53.0 Å². The van der Waals surface area contributed by atoms with Crippen LogP contribution in [0, 0.1) is 13.8 Å².